The van der Waals surface area contributed by atoms with Crippen LogP contribution in [0.15, 0.2) is 40.4 Å². The van der Waals surface area contributed by atoms with Gasteiger partial charge in [0, 0.05) is 23.5 Å². The van der Waals surface area contributed by atoms with E-state index in [2.05, 4.69) is 21.7 Å². The minimum absolute atomic E-state index is 0.111. The summed E-state index contributed by atoms with van der Waals surface area (Å²) in [4.78, 5) is 12.6. The molecule has 0 aromatic carbocycles. The number of hydrogen-bond donors (Lipinski definition) is 0. The third-order valence-corrected chi connectivity index (χ3v) is 4.99. The van der Waals surface area contributed by atoms with E-state index in [0.717, 1.165) is 29.3 Å². The highest BCUT2D eigenvalue weighted by Gasteiger charge is 2.16. The summed E-state index contributed by atoms with van der Waals surface area (Å²) in [5.74, 6) is 1.28. The van der Waals surface area contributed by atoms with E-state index in [9.17, 15) is 4.79 Å². The zero-order valence-electron chi connectivity index (χ0n) is 14.0. The molecule has 0 aliphatic rings. The molecule has 0 atom stereocenters. The maximum absolute atomic E-state index is 12.6. The molecule has 24 heavy (non-hydrogen) atoms. The number of hydrogen-bond acceptors (Lipinski definition) is 5. The van der Waals surface area contributed by atoms with Gasteiger partial charge in [0.15, 0.2) is 10.9 Å². The molecule has 0 N–H and O–H groups in total. The molecule has 3 aromatic rings. The molecule has 0 saturated heterocycles. The maximum Gasteiger partial charge on any atom is 0.191 e. The summed E-state index contributed by atoms with van der Waals surface area (Å²) < 4.78 is 9.38. The van der Waals surface area contributed by atoms with E-state index in [-0.39, 0.29) is 5.78 Å². The number of carbonyl (C=O) groups excluding carboxylic acids is 1. The third-order valence-electron chi connectivity index (χ3n) is 4.01. The molecule has 0 saturated carbocycles. The molecular formula is C17H20N4O2S. The zero-order valence-corrected chi connectivity index (χ0v) is 14.8. The Hall–Kier alpha value is -2.28. The summed E-state index contributed by atoms with van der Waals surface area (Å²) in [5.41, 5.74) is 2.93. The number of Topliss-reactive ketones (excluding diaryl/α,β-unsaturated/α-hetero) is 1. The first-order valence-corrected chi connectivity index (χ1v) is 8.81. The Bertz CT molecular complexity index is 833. The summed E-state index contributed by atoms with van der Waals surface area (Å²) in [6, 6.07) is 5.72. The fourth-order valence-electron chi connectivity index (χ4n) is 2.81. The highest BCUT2D eigenvalue weighted by Crippen LogP contribution is 2.21. The Balaban J connectivity index is 1.68. The second-order valence-electron chi connectivity index (χ2n) is 5.56. The number of aryl methyl sites for hydroxylation is 1. The van der Waals surface area contributed by atoms with Gasteiger partial charge in [0.1, 0.15) is 12.1 Å². The lowest BCUT2D eigenvalue weighted by Gasteiger charge is -2.06. The van der Waals surface area contributed by atoms with Crippen molar-refractivity contribution in [1.29, 1.82) is 0 Å². The van der Waals surface area contributed by atoms with Crippen molar-refractivity contribution in [3.63, 3.8) is 0 Å². The molecule has 0 fully saturated rings. The number of aromatic nitrogens is 4. The van der Waals surface area contributed by atoms with Crippen LogP contribution in [0.1, 0.15) is 34.4 Å². The summed E-state index contributed by atoms with van der Waals surface area (Å²) >= 11 is 1.40. The Morgan fingerprint density at radius 2 is 2.21 bits per heavy atom. The second-order valence-corrected chi connectivity index (χ2v) is 6.50. The van der Waals surface area contributed by atoms with Crippen LogP contribution in [-0.4, -0.2) is 30.9 Å². The van der Waals surface area contributed by atoms with Gasteiger partial charge in [-0.3, -0.25) is 4.79 Å². The van der Waals surface area contributed by atoms with Crippen LogP contribution in [0.3, 0.4) is 0 Å². The van der Waals surface area contributed by atoms with E-state index in [4.69, 9.17) is 4.42 Å². The first-order valence-electron chi connectivity index (χ1n) is 7.83. The van der Waals surface area contributed by atoms with Crippen molar-refractivity contribution in [3.8, 4) is 0 Å². The van der Waals surface area contributed by atoms with Crippen LogP contribution in [0.4, 0.5) is 0 Å². The van der Waals surface area contributed by atoms with Crippen molar-refractivity contribution in [2.24, 2.45) is 0 Å². The molecule has 0 aliphatic heterocycles. The number of rotatable bonds is 7. The van der Waals surface area contributed by atoms with Gasteiger partial charge in [0.25, 0.3) is 0 Å². The Labute approximate surface area is 144 Å². The molecule has 0 spiro atoms. The van der Waals surface area contributed by atoms with Gasteiger partial charge in [0.2, 0.25) is 0 Å². The highest BCUT2D eigenvalue weighted by atomic mass is 32.2. The quantitative estimate of drug-likeness (QED) is 0.486. The van der Waals surface area contributed by atoms with Gasteiger partial charge in [0.05, 0.1) is 18.6 Å². The molecule has 7 heteroatoms. The summed E-state index contributed by atoms with van der Waals surface area (Å²) in [7, 11) is 0. The molecule has 0 unspecified atom stereocenters. The monoisotopic (exact) mass is 344 g/mol. The van der Waals surface area contributed by atoms with Crippen molar-refractivity contribution in [2.45, 2.75) is 39.0 Å². The summed E-state index contributed by atoms with van der Waals surface area (Å²) in [6.07, 6.45) is 3.29. The van der Waals surface area contributed by atoms with Gasteiger partial charge in [-0.25, -0.2) is 0 Å². The topological polar surface area (TPSA) is 65.8 Å². The van der Waals surface area contributed by atoms with E-state index in [0.29, 0.717) is 17.5 Å². The molecule has 0 amide bonds. The summed E-state index contributed by atoms with van der Waals surface area (Å²) in [5, 5.41) is 8.75. The first kappa shape index (κ1) is 16.6. The molecule has 0 bridgehead atoms. The zero-order chi connectivity index (χ0) is 17.1. The fraction of sp³-hybridized carbons (Fsp3) is 0.353. The number of thioether (sulfide) groups is 1. The van der Waals surface area contributed by atoms with Crippen molar-refractivity contribution >= 4 is 17.5 Å². The highest BCUT2D eigenvalue weighted by molar-refractivity contribution is 7.99. The lowest BCUT2D eigenvalue weighted by molar-refractivity contribution is 0.102. The Morgan fingerprint density at radius 1 is 1.38 bits per heavy atom. The molecule has 3 aromatic heterocycles. The van der Waals surface area contributed by atoms with Gasteiger partial charge in [-0.1, -0.05) is 11.8 Å². The van der Waals surface area contributed by atoms with Gasteiger partial charge in [-0.2, -0.15) is 0 Å². The van der Waals surface area contributed by atoms with Crippen molar-refractivity contribution in [2.75, 3.05) is 5.75 Å². The van der Waals surface area contributed by atoms with E-state index in [1.54, 1.807) is 12.6 Å². The molecule has 126 valence electrons. The maximum atomic E-state index is 12.6. The number of carbonyl (C=O) groups is 1. The number of furan rings is 1. The van der Waals surface area contributed by atoms with Gasteiger partial charge < -0.3 is 13.6 Å². The minimum Gasteiger partial charge on any atom is -0.467 e. The molecule has 3 heterocycles. The Kier molecular flexibility index (Phi) is 4.89. The molecule has 0 radical (unpaired) electrons. The van der Waals surface area contributed by atoms with Crippen molar-refractivity contribution in [3.05, 3.63) is 53.5 Å². The number of nitrogens with zero attached hydrogens (tertiary/aromatic N) is 4. The Morgan fingerprint density at radius 3 is 2.88 bits per heavy atom. The van der Waals surface area contributed by atoms with Gasteiger partial charge in [-0.05, 0) is 39.0 Å². The smallest absolute Gasteiger partial charge is 0.191 e. The molecule has 6 nitrogen and oxygen atoms in total. The second kappa shape index (κ2) is 7.09. The average Bonchev–Trinajstić information content (AvgIpc) is 3.28. The lowest BCUT2D eigenvalue weighted by atomic mass is 10.2. The van der Waals surface area contributed by atoms with Crippen LogP contribution in [0, 0.1) is 13.8 Å². The van der Waals surface area contributed by atoms with E-state index in [1.807, 2.05) is 36.6 Å². The van der Waals surface area contributed by atoms with Gasteiger partial charge >= 0.3 is 0 Å². The summed E-state index contributed by atoms with van der Waals surface area (Å²) in [6.45, 7) is 7.53. The van der Waals surface area contributed by atoms with Crippen LogP contribution < -0.4 is 0 Å². The minimum atomic E-state index is 0.111. The molecular weight excluding hydrogens is 324 g/mol. The van der Waals surface area contributed by atoms with E-state index in [1.165, 1.54) is 11.8 Å². The van der Waals surface area contributed by atoms with Crippen LogP contribution >= 0.6 is 11.8 Å². The largest absolute Gasteiger partial charge is 0.467 e. The SMILES string of the molecule is CCn1c(C)cc(C(=O)CSc2nncn2Cc2ccco2)c1C. The lowest BCUT2D eigenvalue weighted by Crippen LogP contribution is -2.07. The van der Waals surface area contributed by atoms with Crippen molar-refractivity contribution < 1.29 is 9.21 Å². The third kappa shape index (κ3) is 3.31. The van der Waals surface area contributed by atoms with Crippen LogP contribution in [0.2, 0.25) is 0 Å². The molecule has 0 aliphatic carbocycles. The van der Waals surface area contributed by atoms with Crippen LogP contribution in [-0.2, 0) is 13.1 Å². The fourth-order valence-corrected chi connectivity index (χ4v) is 3.61. The normalized spacial score (nSPS) is 11.1. The average molecular weight is 344 g/mol. The molecule has 3 rings (SSSR count). The van der Waals surface area contributed by atoms with Crippen molar-refractivity contribution in [1.82, 2.24) is 19.3 Å². The predicted molar refractivity (Wildman–Crippen MR) is 92.5 cm³/mol. The van der Waals surface area contributed by atoms with E-state index >= 15 is 0 Å². The van der Waals surface area contributed by atoms with Crippen LogP contribution in [0.5, 0.6) is 0 Å². The van der Waals surface area contributed by atoms with Gasteiger partial charge in [-0.15, -0.1) is 10.2 Å². The van der Waals surface area contributed by atoms with E-state index < -0.39 is 0 Å². The number of ketones is 1. The first-order chi connectivity index (χ1) is 11.6. The van der Waals surface area contributed by atoms with Crippen LogP contribution in [0.25, 0.3) is 0 Å². The predicted octanol–water partition coefficient (Wildman–Crippen LogP) is 3.33. The standard InChI is InChI=1S/C17H20N4O2S/c1-4-21-12(2)8-15(13(21)3)16(22)10-24-17-19-18-11-20(17)9-14-6-5-7-23-14/h5-8,11H,4,9-10H2,1-3H3.